The summed E-state index contributed by atoms with van der Waals surface area (Å²) in [4.78, 5) is 8.25. The Kier molecular flexibility index (Phi) is 2.22. The Balaban J connectivity index is 2.14. The maximum Gasteiger partial charge on any atom is 0.116 e. The molecular formula is C14H11N3. The van der Waals surface area contributed by atoms with E-state index in [4.69, 9.17) is 5.73 Å². The average Bonchev–Trinajstić information content (AvgIpc) is 2.39. The summed E-state index contributed by atoms with van der Waals surface area (Å²) in [6.07, 6.45) is 3.38. The van der Waals surface area contributed by atoms with E-state index in [1.807, 2.05) is 36.5 Å². The molecule has 0 aliphatic carbocycles. The zero-order valence-electron chi connectivity index (χ0n) is 9.17. The first kappa shape index (κ1) is 9.78. The molecule has 3 nitrogen and oxygen atoms in total. The molecule has 0 unspecified atom stereocenters. The van der Waals surface area contributed by atoms with Gasteiger partial charge in [-0.25, -0.2) is 9.97 Å². The minimum atomic E-state index is 0.775. The molecule has 0 amide bonds. The van der Waals surface area contributed by atoms with Gasteiger partial charge in [-0.1, -0.05) is 24.3 Å². The van der Waals surface area contributed by atoms with E-state index in [0.29, 0.717) is 0 Å². The van der Waals surface area contributed by atoms with Gasteiger partial charge in [0.15, 0.2) is 0 Å². The van der Waals surface area contributed by atoms with E-state index in [9.17, 15) is 0 Å². The predicted octanol–water partition coefficient (Wildman–Crippen LogP) is 2.88. The maximum atomic E-state index is 5.67. The maximum absolute atomic E-state index is 5.67. The molecule has 17 heavy (non-hydrogen) atoms. The number of benzene rings is 2. The normalized spacial score (nSPS) is 10.6. The van der Waals surface area contributed by atoms with Crippen molar-refractivity contribution in [3.8, 4) is 11.1 Å². The van der Waals surface area contributed by atoms with Crippen LogP contribution < -0.4 is 5.73 Å². The van der Waals surface area contributed by atoms with Gasteiger partial charge in [-0.05, 0) is 29.3 Å². The standard InChI is InChI=1S/C14H11N3/c15-13-5-3-10(4-6-13)11-1-2-12-8-16-9-17-14(12)7-11/h1-9H,15H2. The van der Waals surface area contributed by atoms with Crippen LogP contribution in [0.4, 0.5) is 5.69 Å². The second-order valence-electron chi connectivity index (χ2n) is 3.92. The van der Waals surface area contributed by atoms with Crippen molar-refractivity contribution < 1.29 is 0 Å². The van der Waals surface area contributed by atoms with Crippen molar-refractivity contribution in [3.63, 3.8) is 0 Å². The molecule has 0 aliphatic heterocycles. The summed E-state index contributed by atoms with van der Waals surface area (Å²) < 4.78 is 0. The number of hydrogen-bond acceptors (Lipinski definition) is 3. The van der Waals surface area contributed by atoms with Crippen molar-refractivity contribution >= 4 is 16.6 Å². The summed E-state index contributed by atoms with van der Waals surface area (Å²) in [6, 6.07) is 14.0. The van der Waals surface area contributed by atoms with Crippen LogP contribution in [0.25, 0.3) is 22.0 Å². The number of fused-ring (bicyclic) bond motifs is 1. The van der Waals surface area contributed by atoms with Crippen molar-refractivity contribution in [2.24, 2.45) is 0 Å². The molecule has 82 valence electrons. The fraction of sp³-hybridized carbons (Fsp3) is 0. The van der Waals surface area contributed by atoms with E-state index in [1.165, 1.54) is 0 Å². The van der Waals surface area contributed by atoms with E-state index >= 15 is 0 Å². The number of nitrogens with two attached hydrogens (primary N) is 1. The van der Waals surface area contributed by atoms with Crippen LogP contribution >= 0.6 is 0 Å². The van der Waals surface area contributed by atoms with E-state index in [0.717, 1.165) is 27.7 Å². The molecular weight excluding hydrogens is 210 g/mol. The number of rotatable bonds is 1. The van der Waals surface area contributed by atoms with Crippen LogP contribution in [0.5, 0.6) is 0 Å². The van der Waals surface area contributed by atoms with Crippen LogP contribution in [0, 0.1) is 0 Å². The van der Waals surface area contributed by atoms with Crippen molar-refractivity contribution in [1.29, 1.82) is 0 Å². The highest BCUT2D eigenvalue weighted by Crippen LogP contribution is 2.23. The number of nitrogen functional groups attached to an aromatic ring is 1. The number of nitrogens with zero attached hydrogens (tertiary/aromatic N) is 2. The minimum Gasteiger partial charge on any atom is -0.399 e. The van der Waals surface area contributed by atoms with Crippen molar-refractivity contribution in [1.82, 2.24) is 9.97 Å². The smallest absolute Gasteiger partial charge is 0.116 e. The van der Waals surface area contributed by atoms with Gasteiger partial charge in [0.05, 0.1) is 5.52 Å². The van der Waals surface area contributed by atoms with Crippen LogP contribution in [0.15, 0.2) is 55.0 Å². The van der Waals surface area contributed by atoms with Gasteiger partial charge in [-0.15, -0.1) is 0 Å². The van der Waals surface area contributed by atoms with Gasteiger partial charge >= 0.3 is 0 Å². The van der Waals surface area contributed by atoms with E-state index in [2.05, 4.69) is 22.1 Å². The molecule has 3 heteroatoms. The van der Waals surface area contributed by atoms with Gasteiger partial charge in [0.25, 0.3) is 0 Å². The van der Waals surface area contributed by atoms with E-state index in [1.54, 1.807) is 6.33 Å². The van der Waals surface area contributed by atoms with Crippen LogP contribution in [0.3, 0.4) is 0 Å². The SMILES string of the molecule is Nc1ccc(-c2ccc3cncnc3c2)cc1. The molecule has 1 aromatic heterocycles. The third-order valence-electron chi connectivity index (χ3n) is 2.75. The van der Waals surface area contributed by atoms with Crippen molar-refractivity contribution in [2.75, 3.05) is 5.73 Å². The first-order chi connectivity index (χ1) is 8.33. The molecule has 0 aliphatic rings. The molecule has 2 aromatic carbocycles. The molecule has 3 aromatic rings. The minimum absolute atomic E-state index is 0.775. The van der Waals surface area contributed by atoms with Gasteiger partial charge in [0.2, 0.25) is 0 Å². The lowest BCUT2D eigenvalue weighted by molar-refractivity contribution is 1.22. The molecule has 0 spiro atoms. The summed E-state index contributed by atoms with van der Waals surface area (Å²) in [7, 11) is 0. The van der Waals surface area contributed by atoms with Crippen LogP contribution in [0.1, 0.15) is 0 Å². The summed E-state index contributed by atoms with van der Waals surface area (Å²) in [6.45, 7) is 0. The van der Waals surface area contributed by atoms with Gasteiger partial charge in [-0.3, -0.25) is 0 Å². The molecule has 0 fully saturated rings. The fourth-order valence-electron chi connectivity index (χ4n) is 1.83. The number of aromatic nitrogens is 2. The topological polar surface area (TPSA) is 51.8 Å². The van der Waals surface area contributed by atoms with Crippen LogP contribution in [0.2, 0.25) is 0 Å². The first-order valence-electron chi connectivity index (χ1n) is 5.38. The third kappa shape index (κ3) is 1.83. The largest absolute Gasteiger partial charge is 0.399 e. The third-order valence-corrected chi connectivity index (χ3v) is 2.75. The first-order valence-corrected chi connectivity index (χ1v) is 5.38. The lowest BCUT2D eigenvalue weighted by Gasteiger charge is -2.03. The Bertz CT molecular complexity index is 660. The second kappa shape index (κ2) is 3.87. The van der Waals surface area contributed by atoms with Crippen molar-refractivity contribution in [2.45, 2.75) is 0 Å². The second-order valence-corrected chi connectivity index (χ2v) is 3.92. The van der Waals surface area contributed by atoms with Gasteiger partial charge in [-0.2, -0.15) is 0 Å². The molecule has 0 saturated heterocycles. The number of hydrogen-bond donors (Lipinski definition) is 1. The summed E-state index contributed by atoms with van der Waals surface area (Å²) in [5, 5.41) is 1.05. The van der Waals surface area contributed by atoms with E-state index in [-0.39, 0.29) is 0 Å². The molecule has 0 radical (unpaired) electrons. The summed E-state index contributed by atoms with van der Waals surface area (Å²) >= 11 is 0. The Labute approximate surface area is 98.9 Å². The highest BCUT2D eigenvalue weighted by Gasteiger charge is 2.00. The zero-order valence-corrected chi connectivity index (χ0v) is 9.17. The molecule has 0 bridgehead atoms. The lowest BCUT2D eigenvalue weighted by atomic mass is 10.0. The Morgan fingerprint density at radius 3 is 2.47 bits per heavy atom. The molecule has 0 saturated carbocycles. The zero-order chi connectivity index (χ0) is 11.7. The van der Waals surface area contributed by atoms with E-state index < -0.39 is 0 Å². The van der Waals surface area contributed by atoms with Crippen molar-refractivity contribution in [3.05, 3.63) is 55.0 Å². The molecule has 1 heterocycles. The Hall–Kier alpha value is -2.42. The molecule has 0 atom stereocenters. The Morgan fingerprint density at radius 1 is 0.882 bits per heavy atom. The highest BCUT2D eigenvalue weighted by atomic mass is 14.8. The van der Waals surface area contributed by atoms with Gasteiger partial charge < -0.3 is 5.73 Å². The quantitative estimate of drug-likeness (QED) is 0.643. The van der Waals surface area contributed by atoms with Crippen LogP contribution in [-0.4, -0.2) is 9.97 Å². The fourth-order valence-corrected chi connectivity index (χ4v) is 1.83. The van der Waals surface area contributed by atoms with Gasteiger partial charge in [0, 0.05) is 17.3 Å². The lowest BCUT2D eigenvalue weighted by Crippen LogP contribution is -1.85. The Morgan fingerprint density at radius 2 is 1.65 bits per heavy atom. The molecule has 2 N–H and O–H groups in total. The van der Waals surface area contributed by atoms with Crippen LogP contribution in [-0.2, 0) is 0 Å². The highest BCUT2D eigenvalue weighted by molar-refractivity contribution is 5.83. The van der Waals surface area contributed by atoms with Gasteiger partial charge in [0.1, 0.15) is 6.33 Å². The average molecular weight is 221 g/mol. The monoisotopic (exact) mass is 221 g/mol. The molecule has 3 rings (SSSR count). The summed E-state index contributed by atoms with van der Waals surface area (Å²) in [5.74, 6) is 0. The predicted molar refractivity (Wildman–Crippen MR) is 69.4 cm³/mol. The number of anilines is 1. The summed E-state index contributed by atoms with van der Waals surface area (Å²) in [5.41, 5.74) is 9.68.